The number of phenolic OH excluding ortho intramolecular Hbond substituents is 1. The van der Waals surface area contributed by atoms with Crippen LogP contribution in [0.3, 0.4) is 0 Å². The fourth-order valence-electron chi connectivity index (χ4n) is 6.48. The van der Waals surface area contributed by atoms with E-state index in [1.165, 1.54) is 17.0 Å². The summed E-state index contributed by atoms with van der Waals surface area (Å²) in [6.45, 7) is 6.44. The molecule has 0 bridgehead atoms. The van der Waals surface area contributed by atoms with E-state index in [0.29, 0.717) is 37.7 Å². The Balaban J connectivity index is 1.74. The maximum absolute atomic E-state index is 14.4. The zero-order valence-corrected chi connectivity index (χ0v) is 30.0. The summed E-state index contributed by atoms with van der Waals surface area (Å²) in [5.74, 6) is -1.85. The van der Waals surface area contributed by atoms with Crippen molar-refractivity contribution in [2.24, 2.45) is 5.92 Å². The number of rotatable bonds is 8. The number of nitrogens with zero attached hydrogens (tertiary/aromatic N) is 1. The normalized spacial score (nSPS) is 24.7. The molecule has 2 heterocycles. The number of allylic oxidation sites excluding steroid dienone is 2. The predicted molar refractivity (Wildman–Crippen MR) is 194 cm³/mol. The molecule has 1 aliphatic rings. The minimum atomic E-state index is -0.988. The van der Waals surface area contributed by atoms with Gasteiger partial charge in [-0.25, -0.2) is 0 Å². The molecule has 3 aromatic rings. The Labute approximate surface area is 295 Å². The van der Waals surface area contributed by atoms with E-state index < -0.39 is 30.0 Å². The first-order valence-electron chi connectivity index (χ1n) is 17.7. The fourth-order valence-corrected chi connectivity index (χ4v) is 6.48. The number of para-hydroxylation sites is 1. The number of likely N-dealkylation sites (N-methyl/N-ethyl adjacent to an activating group) is 1. The van der Waals surface area contributed by atoms with Crippen LogP contribution >= 0.6 is 0 Å². The molecule has 50 heavy (non-hydrogen) atoms. The smallest absolute Gasteiger partial charge is 0.308 e. The molecule has 11 heteroatoms. The summed E-state index contributed by atoms with van der Waals surface area (Å²) in [6, 6.07) is 11.4. The number of cyclic esters (lactones) is 1. The van der Waals surface area contributed by atoms with Crippen LogP contribution in [0.15, 0.2) is 66.4 Å². The largest absolute Gasteiger partial charge is 0.508 e. The molecule has 1 aliphatic heterocycles. The molecule has 5 atom stereocenters. The summed E-state index contributed by atoms with van der Waals surface area (Å²) < 4.78 is 5.76. The molecule has 2 aromatic carbocycles. The van der Waals surface area contributed by atoms with Gasteiger partial charge in [-0.1, -0.05) is 48.9 Å². The molecule has 270 valence electrons. The highest BCUT2D eigenvalue weighted by Gasteiger charge is 2.35. The summed E-state index contributed by atoms with van der Waals surface area (Å²) in [5.41, 5.74) is 3.39. The predicted octanol–water partition coefficient (Wildman–Crippen LogP) is 5.06. The van der Waals surface area contributed by atoms with Crippen molar-refractivity contribution in [2.75, 3.05) is 20.6 Å². The van der Waals surface area contributed by atoms with E-state index in [-0.39, 0.29) is 42.4 Å². The van der Waals surface area contributed by atoms with Crippen LogP contribution in [0, 0.1) is 5.92 Å². The first-order valence-corrected chi connectivity index (χ1v) is 17.7. The lowest BCUT2D eigenvalue weighted by Gasteiger charge is -2.32. The number of carbonyl (C=O) groups excluding carboxylic acids is 4. The van der Waals surface area contributed by atoms with E-state index in [1.54, 1.807) is 19.2 Å². The average molecular weight is 688 g/mol. The number of hydrogen-bond acceptors (Lipinski definition) is 7. The van der Waals surface area contributed by atoms with Gasteiger partial charge in [-0.15, -0.1) is 0 Å². The summed E-state index contributed by atoms with van der Waals surface area (Å²) in [6.07, 6.45) is 7.29. The van der Waals surface area contributed by atoms with Crippen molar-refractivity contribution < 1.29 is 29.0 Å². The van der Waals surface area contributed by atoms with Crippen molar-refractivity contribution >= 4 is 34.6 Å². The van der Waals surface area contributed by atoms with Gasteiger partial charge in [0.05, 0.1) is 18.6 Å². The number of benzene rings is 2. The molecule has 1 aromatic heterocycles. The van der Waals surface area contributed by atoms with Gasteiger partial charge in [0, 0.05) is 36.5 Å². The fraction of sp³-hybridized carbons (Fsp3) is 0.487. The zero-order valence-electron chi connectivity index (χ0n) is 30.0. The number of carbonyl (C=O) groups is 4. The van der Waals surface area contributed by atoms with Crippen LogP contribution in [-0.2, 0) is 30.3 Å². The number of amides is 3. The lowest BCUT2D eigenvalue weighted by Crippen LogP contribution is -2.56. The van der Waals surface area contributed by atoms with Crippen LogP contribution in [0.5, 0.6) is 5.75 Å². The molecule has 11 nitrogen and oxygen atoms in total. The molecule has 0 fully saturated rings. The second-order valence-corrected chi connectivity index (χ2v) is 13.6. The monoisotopic (exact) mass is 687 g/mol. The Kier molecular flexibility index (Phi) is 14.0. The number of fused-ring (bicyclic) bond motifs is 1. The number of hydrogen-bond donors (Lipinski definition) is 5. The summed E-state index contributed by atoms with van der Waals surface area (Å²) in [4.78, 5) is 60.3. The van der Waals surface area contributed by atoms with E-state index in [2.05, 4.69) is 27.0 Å². The number of unbranched alkanes of at least 4 members (excludes halogenated alkanes) is 1. The highest BCUT2D eigenvalue weighted by atomic mass is 16.5. The van der Waals surface area contributed by atoms with E-state index in [1.807, 2.05) is 58.3 Å². The number of aromatic nitrogens is 1. The standard InChI is InChI=1S/C39H53N5O6/c1-25-11-10-12-27(3)50-36(46)23-34(28-16-18-30(45)19-17-28)43-38(48)35(22-29-24-41-32-14-7-6-13-31(29)32)44(5)39(49)33(15-8-9-20-40-4)42-37(47)26(2)21-25/h6-7,11,13-14,16-19,24,26-27,33-35,40-41,45H,8-10,12,15,20-23H2,1-5H3,(H,42,47)(H,43,48)/b25-11+/t26-,27-,33-,34+,35+/m0/s1. The summed E-state index contributed by atoms with van der Waals surface area (Å²) in [5, 5.41) is 20.1. The lowest BCUT2D eigenvalue weighted by atomic mass is 9.98. The van der Waals surface area contributed by atoms with Crippen molar-refractivity contribution in [3.8, 4) is 5.75 Å². The van der Waals surface area contributed by atoms with Gasteiger partial charge in [0.2, 0.25) is 17.7 Å². The van der Waals surface area contributed by atoms with Crippen molar-refractivity contribution in [1.29, 1.82) is 0 Å². The van der Waals surface area contributed by atoms with Crippen LogP contribution < -0.4 is 16.0 Å². The van der Waals surface area contributed by atoms with E-state index in [4.69, 9.17) is 4.74 Å². The van der Waals surface area contributed by atoms with Crippen molar-refractivity contribution in [3.63, 3.8) is 0 Å². The Morgan fingerprint density at radius 3 is 2.44 bits per heavy atom. The number of ether oxygens (including phenoxy) is 1. The second kappa shape index (κ2) is 18.4. The number of esters is 1. The molecular weight excluding hydrogens is 634 g/mol. The lowest BCUT2D eigenvalue weighted by molar-refractivity contribution is -0.149. The quantitative estimate of drug-likeness (QED) is 0.126. The molecule has 0 saturated heterocycles. The van der Waals surface area contributed by atoms with Crippen LogP contribution in [0.2, 0.25) is 0 Å². The molecule has 5 N–H and O–H groups in total. The summed E-state index contributed by atoms with van der Waals surface area (Å²) in [7, 11) is 3.47. The minimum absolute atomic E-state index is 0.0513. The molecule has 0 radical (unpaired) electrons. The first kappa shape index (κ1) is 38.2. The molecule has 0 spiro atoms. The van der Waals surface area contributed by atoms with Gasteiger partial charge in [-0.05, 0) is 95.3 Å². The van der Waals surface area contributed by atoms with E-state index >= 15 is 0 Å². The highest BCUT2D eigenvalue weighted by Crippen LogP contribution is 2.25. The first-order chi connectivity index (χ1) is 24.0. The van der Waals surface area contributed by atoms with E-state index in [9.17, 15) is 24.3 Å². The molecule has 0 unspecified atom stereocenters. The minimum Gasteiger partial charge on any atom is -0.508 e. The maximum atomic E-state index is 14.4. The Morgan fingerprint density at radius 1 is 0.960 bits per heavy atom. The second-order valence-electron chi connectivity index (χ2n) is 13.6. The molecule has 0 saturated carbocycles. The van der Waals surface area contributed by atoms with Gasteiger partial charge in [-0.3, -0.25) is 19.2 Å². The van der Waals surface area contributed by atoms with Gasteiger partial charge < -0.3 is 35.7 Å². The van der Waals surface area contributed by atoms with Gasteiger partial charge >= 0.3 is 5.97 Å². The third kappa shape index (κ3) is 10.7. The molecular formula is C39H53N5O6. The average Bonchev–Trinajstić information content (AvgIpc) is 3.50. The number of phenols is 1. The zero-order chi connectivity index (χ0) is 36.2. The van der Waals surface area contributed by atoms with Crippen LogP contribution in [0.1, 0.15) is 82.9 Å². The van der Waals surface area contributed by atoms with Gasteiger partial charge in [-0.2, -0.15) is 0 Å². The topological polar surface area (TPSA) is 153 Å². The van der Waals surface area contributed by atoms with Crippen LogP contribution in [-0.4, -0.2) is 77.5 Å². The molecule has 4 rings (SSSR count). The summed E-state index contributed by atoms with van der Waals surface area (Å²) >= 11 is 0. The third-order valence-electron chi connectivity index (χ3n) is 9.45. The molecule has 0 aliphatic carbocycles. The number of H-pyrrole nitrogens is 1. The highest BCUT2D eigenvalue weighted by molar-refractivity contribution is 5.93. The SMILES string of the molecule is CNCCCC[C@@H]1NC(=O)[C@@H](C)C/C(C)=C/CC[C@H](C)OC(=O)C[C@H](c2ccc(O)cc2)NC(=O)[C@@H](Cc2c[nH]c3ccccc23)N(C)C1=O. The van der Waals surface area contributed by atoms with Crippen LogP contribution in [0.4, 0.5) is 0 Å². The van der Waals surface area contributed by atoms with Gasteiger partial charge in [0.1, 0.15) is 17.8 Å². The number of aromatic amines is 1. The Bertz CT molecular complexity index is 1630. The Morgan fingerprint density at radius 2 is 1.70 bits per heavy atom. The number of nitrogens with one attached hydrogen (secondary N) is 4. The number of aromatic hydroxyl groups is 1. The van der Waals surface area contributed by atoms with Crippen LogP contribution in [0.25, 0.3) is 10.9 Å². The van der Waals surface area contributed by atoms with Gasteiger partial charge in [0.15, 0.2) is 0 Å². The van der Waals surface area contributed by atoms with Gasteiger partial charge in [0.25, 0.3) is 0 Å². The van der Waals surface area contributed by atoms with E-state index in [0.717, 1.165) is 35.0 Å². The Hall–Kier alpha value is -4.64. The molecule has 3 amide bonds. The van der Waals surface area contributed by atoms with Crippen molar-refractivity contribution in [3.05, 3.63) is 77.5 Å². The van der Waals surface area contributed by atoms with Crippen molar-refractivity contribution in [1.82, 2.24) is 25.8 Å². The third-order valence-corrected chi connectivity index (χ3v) is 9.45. The van der Waals surface area contributed by atoms with Crippen molar-refractivity contribution in [2.45, 2.75) is 96.4 Å². The maximum Gasteiger partial charge on any atom is 0.308 e.